The van der Waals surface area contributed by atoms with Crippen LogP contribution >= 0.6 is 0 Å². The second-order valence-corrected chi connectivity index (χ2v) is 6.31. The smallest absolute Gasteiger partial charge is 0.239 e. The van der Waals surface area contributed by atoms with E-state index in [1.165, 1.54) is 0 Å². The lowest BCUT2D eigenvalue weighted by Gasteiger charge is -2.24. The van der Waals surface area contributed by atoms with Crippen molar-refractivity contribution in [2.24, 2.45) is 5.41 Å². The van der Waals surface area contributed by atoms with Gasteiger partial charge in [0.1, 0.15) is 5.41 Å². The number of para-hydroxylation sites is 1. The SMILES string of the molecule is CCCCCNC(=O)C(C)(C)C(=O)Nc1c(C)cccc1C. The maximum atomic E-state index is 12.5. The molecule has 0 spiro atoms. The van der Waals surface area contributed by atoms with Crippen molar-refractivity contribution in [3.8, 4) is 0 Å². The summed E-state index contributed by atoms with van der Waals surface area (Å²) in [6.45, 7) is 9.94. The Morgan fingerprint density at radius 2 is 1.64 bits per heavy atom. The molecule has 0 saturated heterocycles. The molecule has 0 aliphatic carbocycles. The van der Waals surface area contributed by atoms with E-state index in [9.17, 15) is 9.59 Å². The van der Waals surface area contributed by atoms with Gasteiger partial charge in [-0.1, -0.05) is 38.0 Å². The van der Waals surface area contributed by atoms with Crippen LogP contribution < -0.4 is 10.6 Å². The number of carbonyl (C=O) groups excluding carboxylic acids is 2. The summed E-state index contributed by atoms with van der Waals surface area (Å²) in [7, 11) is 0. The van der Waals surface area contributed by atoms with E-state index in [1.807, 2.05) is 32.0 Å². The molecule has 0 radical (unpaired) electrons. The number of rotatable bonds is 7. The Morgan fingerprint density at radius 1 is 1.05 bits per heavy atom. The van der Waals surface area contributed by atoms with Gasteiger partial charge in [-0.05, 0) is 45.2 Å². The largest absolute Gasteiger partial charge is 0.355 e. The summed E-state index contributed by atoms with van der Waals surface area (Å²) in [5.41, 5.74) is 1.68. The molecule has 0 aromatic heterocycles. The van der Waals surface area contributed by atoms with Crippen molar-refractivity contribution in [2.75, 3.05) is 11.9 Å². The van der Waals surface area contributed by atoms with Gasteiger partial charge in [0.05, 0.1) is 0 Å². The van der Waals surface area contributed by atoms with Gasteiger partial charge in [0, 0.05) is 12.2 Å². The lowest BCUT2D eigenvalue weighted by Crippen LogP contribution is -2.45. The summed E-state index contributed by atoms with van der Waals surface area (Å²) in [5.74, 6) is -0.509. The third-order valence-corrected chi connectivity index (χ3v) is 3.92. The first-order valence-corrected chi connectivity index (χ1v) is 7.96. The zero-order chi connectivity index (χ0) is 16.8. The molecule has 2 N–H and O–H groups in total. The third-order valence-electron chi connectivity index (χ3n) is 3.92. The lowest BCUT2D eigenvalue weighted by molar-refractivity contribution is -0.138. The van der Waals surface area contributed by atoms with E-state index in [-0.39, 0.29) is 11.8 Å². The van der Waals surface area contributed by atoms with Crippen LogP contribution in [0.5, 0.6) is 0 Å². The molecule has 122 valence electrons. The molecule has 2 amide bonds. The number of benzene rings is 1. The van der Waals surface area contributed by atoms with Crippen molar-refractivity contribution >= 4 is 17.5 Å². The lowest BCUT2D eigenvalue weighted by atomic mass is 9.90. The summed E-state index contributed by atoms with van der Waals surface area (Å²) >= 11 is 0. The average molecular weight is 304 g/mol. The van der Waals surface area contributed by atoms with Crippen LogP contribution in [-0.2, 0) is 9.59 Å². The fourth-order valence-electron chi connectivity index (χ4n) is 2.18. The van der Waals surface area contributed by atoms with E-state index in [1.54, 1.807) is 13.8 Å². The molecule has 0 saturated carbocycles. The number of aryl methyl sites for hydroxylation is 2. The highest BCUT2D eigenvalue weighted by Gasteiger charge is 2.36. The molecule has 0 unspecified atom stereocenters. The topological polar surface area (TPSA) is 58.2 Å². The van der Waals surface area contributed by atoms with Gasteiger partial charge in [0.2, 0.25) is 11.8 Å². The van der Waals surface area contributed by atoms with E-state index in [0.717, 1.165) is 36.1 Å². The highest BCUT2D eigenvalue weighted by atomic mass is 16.2. The third kappa shape index (κ3) is 4.58. The molecule has 0 atom stereocenters. The normalized spacial score (nSPS) is 11.1. The van der Waals surface area contributed by atoms with Crippen LogP contribution in [0.1, 0.15) is 51.2 Å². The molecule has 4 heteroatoms. The van der Waals surface area contributed by atoms with Gasteiger partial charge in [-0.3, -0.25) is 9.59 Å². The molecule has 0 aliphatic rings. The Labute approximate surface area is 133 Å². The molecule has 22 heavy (non-hydrogen) atoms. The molecule has 1 aromatic rings. The molecular weight excluding hydrogens is 276 g/mol. The Morgan fingerprint density at radius 3 is 2.18 bits per heavy atom. The predicted molar refractivity (Wildman–Crippen MR) is 90.9 cm³/mol. The number of hydrogen-bond donors (Lipinski definition) is 2. The predicted octanol–water partition coefficient (Wildman–Crippen LogP) is 3.57. The summed E-state index contributed by atoms with van der Waals surface area (Å²) in [4.78, 5) is 24.8. The van der Waals surface area contributed by atoms with E-state index in [2.05, 4.69) is 17.6 Å². The zero-order valence-electron chi connectivity index (χ0n) is 14.4. The summed E-state index contributed by atoms with van der Waals surface area (Å²) < 4.78 is 0. The van der Waals surface area contributed by atoms with Crippen molar-refractivity contribution in [2.45, 2.75) is 53.9 Å². The summed E-state index contributed by atoms with van der Waals surface area (Å²) in [6, 6.07) is 5.84. The minimum Gasteiger partial charge on any atom is -0.355 e. The zero-order valence-corrected chi connectivity index (χ0v) is 14.4. The molecule has 0 fully saturated rings. The van der Waals surface area contributed by atoms with Crippen molar-refractivity contribution in [1.29, 1.82) is 0 Å². The van der Waals surface area contributed by atoms with Crippen molar-refractivity contribution in [1.82, 2.24) is 5.32 Å². The highest BCUT2D eigenvalue weighted by molar-refractivity contribution is 6.10. The molecule has 4 nitrogen and oxygen atoms in total. The van der Waals surface area contributed by atoms with Gasteiger partial charge in [-0.15, -0.1) is 0 Å². The van der Waals surface area contributed by atoms with Crippen molar-refractivity contribution in [3.63, 3.8) is 0 Å². The van der Waals surface area contributed by atoms with E-state index in [4.69, 9.17) is 0 Å². The van der Waals surface area contributed by atoms with Gasteiger partial charge in [0.15, 0.2) is 0 Å². The monoisotopic (exact) mass is 304 g/mol. The van der Waals surface area contributed by atoms with E-state index < -0.39 is 5.41 Å². The maximum Gasteiger partial charge on any atom is 0.239 e. The van der Waals surface area contributed by atoms with Crippen LogP contribution in [0, 0.1) is 19.3 Å². The van der Waals surface area contributed by atoms with E-state index in [0.29, 0.717) is 6.54 Å². The number of unbranched alkanes of at least 4 members (excludes halogenated alkanes) is 2. The molecule has 1 rings (SSSR count). The first kappa shape index (κ1) is 18.2. The quantitative estimate of drug-likeness (QED) is 0.597. The Bertz CT molecular complexity index is 516. The van der Waals surface area contributed by atoms with Crippen LogP contribution in [-0.4, -0.2) is 18.4 Å². The Hall–Kier alpha value is -1.84. The Balaban J connectivity index is 2.71. The molecule has 0 heterocycles. The Kier molecular flexibility index (Phi) is 6.60. The summed E-state index contributed by atoms with van der Waals surface area (Å²) in [6.07, 6.45) is 3.12. The number of anilines is 1. The van der Waals surface area contributed by atoms with E-state index >= 15 is 0 Å². The van der Waals surface area contributed by atoms with Crippen LogP contribution in [0.15, 0.2) is 18.2 Å². The van der Waals surface area contributed by atoms with Gasteiger partial charge in [-0.2, -0.15) is 0 Å². The minimum atomic E-state index is -1.10. The fraction of sp³-hybridized carbons (Fsp3) is 0.556. The maximum absolute atomic E-state index is 12.5. The van der Waals surface area contributed by atoms with Crippen molar-refractivity contribution in [3.05, 3.63) is 29.3 Å². The number of amides is 2. The van der Waals surface area contributed by atoms with Gasteiger partial charge < -0.3 is 10.6 Å². The second kappa shape index (κ2) is 7.97. The number of nitrogens with one attached hydrogen (secondary N) is 2. The van der Waals surface area contributed by atoms with Gasteiger partial charge in [0.25, 0.3) is 0 Å². The van der Waals surface area contributed by atoms with Gasteiger partial charge >= 0.3 is 0 Å². The van der Waals surface area contributed by atoms with Crippen LogP contribution in [0.4, 0.5) is 5.69 Å². The van der Waals surface area contributed by atoms with Crippen LogP contribution in [0.2, 0.25) is 0 Å². The molecule has 1 aromatic carbocycles. The first-order valence-electron chi connectivity index (χ1n) is 7.96. The minimum absolute atomic E-state index is 0.229. The highest BCUT2D eigenvalue weighted by Crippen LogP contribution is 2.24. The number of carbonyl (C=O) groups is 2. The van der Waals surface area contributed by atoms with Crippen molar-refractivity contribution < 1.29 is 9.59 Å². The second-order valence-electron chi connectivity index (χ2n) is 6.31. The molecular formula is C18H28N2O2. The molecule has 0 bridgehead atoms. The standard InChI is InChI=1S/C18H28N2O2/c1-6-7-8-12-19-16(21)18(4,5)17(22)20-15-13(2)10-9-11-14(15)3/h9-11H,6-8,12H2,1-5H3,(H,19,21)(H,20,22). The summed E-state index contributed by atoms with van der Waals surface area (Å²) in [5, 5.41) is 5.76. The van der Waals surface area contributed by atoms with Gasteiger partial charge in [-0.25, -0.2) is 0 Å². The fourth-order valence-corrected chi connectivity index (χ4v) is 2.18. The van der Waals surface area contributed by atoms with Crippen LogP contribution in [0.3, 0.4) is 0 Å². The average Bonchev–Trinajstić information content (AvgIpc) is 2.47. The first-order chi connectivity index (χ1) is 10.3. The molecule has 0 aliphatic heterocycles. The number of hydrogen-bond acceptors (Lipinski definition) is 2. The van der Waals surface area contributed by atoms with Crippen LogP contribution in [0.25, 0.3) is 0 Å².